The molecule has 0 saturated heterocycles. The summed E-state index contributed by atoms with van der Waals surface area (Å²) in [5, 5.41) is 5.49. The van der Waals surface area contributed by atoms with E-state index in [0.717, 1.165) is 34.5 Å². The van der Waals surface area contributed by atoms with Crippen LogP contribution in [0.15, 0.2) is 36.7 Å². The first-order valence-electron chi connectivity index (χ1n) is 8.55. The number of carbonyl (C=O) groups is 1. The third kappa shape index (κ3) is 2.82. The van der Waals surface area contributed by atoms with E-state index in [1.165, 1.54) is 19.3 Å². The summed E-state index contributed by atoms with van der Waals surface area (Å²) in [4.78, 5) is 15.0. The van der Waals surface area contributed by atoms with Gasteiger partial charge >= 0.3 is 5.97 Å². The van der Waals surface area contributed by atoms with Crippen LogP contribution in [0.2, 0.25) is 0 Å². The van der Waals surface area contributed by atoms with Crippen LogP contribution in [-0.4, -0.2) is 27.3 Å². The Labute approximate surface area is 140 Å². The van der Waals surface area contributed by atoms with E-state index in [4.69, 9.17) is 4.74 Å². The molecule has 0 bridgehead atoms. The maximum atomic E-state index is 11.8. The summed E-state index contributed by atoms with van der Waals surface area (Å²) in [7, 11) is 0. The minimum Gasteiger partial charge on any atom is -0.461 e. The van der Waals surface area contributed by atoms with Crippen molar-refractivity contribution in [2.75, 3.05) is 6.61 Å². The number of rotatable bonds is 5. The molecular formula is C19H21N3O2. The molecule has 24 heavy (non-hydrogen) atoms. The van der Waals surface area contributed by atoms with Gasteiger partial charge in [0.05, 0.1) is 12.8 Å². The second-order valence-corrected chi connectivity index (χ2v) is 6.45. The molecule has 1 aromatic carbocycles. The van der Waals surface area contributed by atoms with Crippen LogP contribution in [0.1, 0.15) is 36.7 Å². The van der Waals surface area contributed by atoms with E-state index in [2.05, 4.69) is 28.4 Å². The number of hydrogen-bond donors (Lipinski definition) is 1. The van der Waals surface area contributed by atoms with Crippen LogP contribution in [0.3, 0.4) is 0 Å². The van der Waals surface area contributed by atoms with Crippen molar-refractivity contribution in [2.24, 2.45) is 5.92 Å². The van der Waals surface area contributed by atoms with E-state index in [1.54, 1.807) is 6.92 Å². The van der Waals surface area contributed by atoms with E-state index in [0.29, 0.717) is 12.3 Å². The largest absolute Gasteiger partial charge is 0.461 e. The lowest BCUT2D eigenvalue weighted by Gasteiger charge is -2.24. The van der Waals surface area contributed by atoms with Crippen molar-refractivity contribution in [1.82, 2.24) is 14.8 Å². The van der Waals surface area contributed by atoms with Gasteiger partial charge in [-0.25, -0.2) is 4.79 Å². The van der Waals surface area contributed by atoms with Crippen molar-refractivity contribution >= 4 is 16.9 Å². The normalized spacial score (nSPS) is 14.7. The van der Waals surface area contributed by atoms with Gasteiger partial charge in [-0.1, -0.05) is 12.5 Å². The number of nitrogens with one attached hydrogen (secondary N) is 1. The van der Waals surface area contributed by atoms with E-state index >= 15 is 0 Å². The Hall–Kier alpha value is -2.56. The molecule has 0 amide bonds. The number of fused-ring (bicyclic) bond motifs is 1. The third-order valence-electron chi connectivity index (χ3n) is 4.75. The molecule has 1 aliphatic carbocycles. The van der Waals surface area contributed by atoms with Gasteiger partial charge in [0.1, 0.15) is 5.69 Å². The van der Waals surface area contributed by atoms with Gasteiger partial charge in [0.25, 0.3) is 0 Å². The number of aromatic nitrogens is 3. The summed E-state index contributed by atoms with van der Waals surface area (Å²) in [6.45, 7) is 3.19. The van der Waals surface area contributed by atoms with Gasteiger partial charge < -0.3 is 9.72 Å². The monoisotopic (exact) mass is 323 g/mol. The van der Waals surface area contributed by atoms with Gasteiger partial charge in [0, 0.05) is 29.2 Å². The van der Waals surface area contributed by atoms with E-state index < -0.39 is 0 Å². The summed E-state index contributed by atoms with van der Waals surface area (Å²) >= 11 is 0. The highest BCUT2D eigenvalue weighted by molar-refractivity contribution is 5.96. The quantitative estimate of drug-likeness (QED) is 0.722. The maximum absolute atomic E-state index is 11.8. The van der Waals surface area contributed by atoms with Crippen LogP contribution in [0, 0.1) is 5.92 Å². The zero-order valence-electron chi connectivity index (χ0n) is 13.8. The molecule has 4 rings (SSSR count). The van der Waals surface area contributed by atoms with Crippen LogP contribution < -0.4 is 0 Å². The highest BCUT2D eigenvalue weighted by Crippen LogP contribution is 2.29. The number of aromatic amines is 1. The second-order valence-electron chi connectivity index (χ2n) is 6.45. The molecule has 2 aromatic heterocycles. The molecule has 0 spiro atoms. The zero-order valence-corrected chi connectivity index (χ0v) is 13.8. The predicted octanol–water partition coefficient (Wildman–Crippen LogP) is 4.01. The average Bonchev–Trinajstić information content (AvgIpc) is 3.17. The van der Waals surface area contributed by atoms with Crippen molar-refractivity contribution in [3.63, 3.8) is 0 Å². The fourth-order valence-electron chi connectivity index (χ4n) is 3.18. The summed E-state index contributed by atoms with van der Waals surface area (Å²) < 4.78 is 7.09. The molecular weight excluding hydrogens is 302 g/mol. The average molecular weight is 323 g/mol. The lowest BCUT2D eigenvalue weighted by atomic mass is 9.85. The molecule has 1 saturated carbocycles. The molecule has 124 valence electrons. The van der Waals surface area contributed by atoms with Crippen LogP contribution in [-0.2, 0) is 11.3 Å². The van der Waals surface area contributed by atoms with Gasteiger partial charge in [-0.2, -0.15) is 5.10 Å². The topological polar surface area (TPSA) is 59.9 Å². The van der Waals surface area contributed by atoms with E-state index in [9.17, 15) is 4.79 Å². The first kappa shape index (κ1) is 15.0. The molecule has 1 fully saturated rings. The van der Waals surface area contributed by atoms with E-state index in [-0.39, 0.29) is 5.97 Å². The lowest BCUT2D eigenvalue weighted by molar-refractivity contribution is 0.0520. The molecule has 0 aliphatic heterocycles. The van der Waals surface area contributed by atoms with Crippen LogP contribution >= 0.6 is 0 Å². The lowest BCUT2D eigenvalue weighted by Crippen LogP contribution is -2.18. The molecule has 2 heterocycles. The van der Waals surface area contributed by atoms with Crippen molar-refractivity contribution in [1.29, 1.82) is 0 Å². The van der Waals surface area contributed by atoms with Gasteiger partial charge in [0.2, 0.25) is 0 Å². The molecule has 5 heteroatoms. The van der Waals surface area contributed by atoms with Crippen LogP contribution in [0.5, 0.6) is 0 Å². The molecule has 0 radical (unpaired) electrons. The first-order chi connectivity index (χ1) is 11.7. The Morgan fingerprint density at radius 3 is 2.96 bits per heavy atom. The molecule has 0 unspecified atom stereocenters. The van der Waals surface area contributed by atoms with Gasteiger partial charge in [-0.3, -0.25) is 4.68 Å². The Morgan fingerprint density at radius 2 is 2.21 bits per heavy atom. The Balaban J connectivity index is 1.58. The number of carbonyl (C=O) groups excluding carboxylic acids is 1. The van der Waals surface area contributed by atoms with Crippen molar-refractivity contribution < 1.29 is 9.53 Å². The molecule has 0 atom stereocenters. The maximum Gasteiger partial charge on any atom is 0.354 e. The molecule has 1 aliphatic rings. The number of H-pyrrole nitrogens is 1. The van der Waals surface area contributed by atoms with Crippen molar-refractivity contribution in [2.45, 2.75) is 32.7 Å². The van der Waals surface area contributed by atoms with Gasteiger partial charge in [0.15, 0.2) is 0 Å². The number of esters is 1. The highest BCUT2D eigenvalue weighted by atomic mass is 16.5. The number of benzene rings is 1. The fourth-order valence-corrected chi connectivity index (χ4v) is 3.18. The van der Waals surface area contributed by atoms with E-state index in [1.807, 2.05) is 23.0 Å². The highest BCUT2D eigenvalue weighted by Gasteiger charge is 2.18. The van der Waals surface area contributed by atoms with Crippen LogP contribution in [0.25, 0.3) is 22.0 Å². The second kappa shape index (κ2) is 6.15. The smallest absolute Gasteiger partial charge is 0.354 e. The predicted molar refractivity (Wildman–Crippen MR) is 92.8 cm³/mol. The molecule has 3 aromatic rings. The van der Waals surface area contributed by atoms with Gasteiger partial charge in [-0.05, 0) is 49.4 Å². The molecule has 1 N–H and O–H groups in total. The summed E-state index contributed by atoms with van der Waals surface area (Å²) in [5.74, 6) is 0.473. The Kier molecular flexibility index (Phi) is 3.84. The third-order valence-corrected chi connectivity index (χ3v) is 4.75. The first-order valence-corrected chi connectivity index (χ1v) is 8.55. The number of hydrogen-bond acceptors (Lipinski definition) is 3. The van der Waals surface area contributed by atoms with Gasteiger partial charge in [-0.15, -0.1) is 0 Å². The molecule has 5 nitrogen and oxygen atoms in total. The van der Waals surface area contributed by atoms with Crippen LogP contribution in [0.4, 0.5) is 0 Å². The van der Waals surface area contributed by atoms with Crippen molar-refractivity contribution in [3.8, 4) is 11.1 Å². The summed E-state index contributed by atoms with van der Waals surface area (Å²) in [6.07, 6.45) is 8.02. The SMILES string of the molecule is CCOC(=O)c1cc2cc(-c3cnn(CC4CCC4)c3)ccc2[nH]1. The van der Waals surface area contributed by atoms with Crippen molar-refractivity contribution in [3.05, 3.63) is 42.4 Å². The minimum atomic E-state index is -0.316. The number of nitrogens with zero attached hydrogens (tertiary/aromatic N) is 2. The standard InChI is InChI=1S/C19H21N3O2/c1-2-24-19(23)18-9-15-8-14(6-7-17(15)21-18)16-10-20-22(12-16)11-13-4-3-5-13/h6-10,12-13,21H,2-5,11H2,1H3. The fraction of sp³-hybridized carbons (Fsp3) is 0.368. The summed E-state index contributed by atoms with van der Waals surface area (Å²) in [6, 6.07) is 7.98. The zero-order chi connectivity index (χ0) is 16.5. The summed E-state index contributed by atoms with van der Waals surface area (Å²) in [5.41, 5.74) is 3.64. The Bertz CT molecular complexity index is 874. The number of ether oxygens (including phenoxy) is 1. The minimum absolute atomic E-state index is 0.316. The Morgan fingerprint density at radius 1 is 1.33 bits per heavy atom.